The largest absolute Gasteiger partial charge is 0.416 e. The van der Waals surface area contributed by atoms with Crippen molar-refractivity contribution in [1.29, 1.82) is 0 Å². The van der Waals surface area contributed by atoms with Gasteiger partial charge in [0.25, 0.3) is 0 Å². The molecule has 27 heavy (non-hydrogen) atoms. The van der Waals surface area contributed by atoms with Crippen LogP contribution in [0.5, 0.6) is 0 Å². The lowest BCUT2D eigenvalue weighted by Gasteiger charge is -2.16. The van der Waals surface area contributed by atoms with Crippen molar-refractivity contribution in [3.8, 4) is 0 Å². The maximum Gasteiger partial charge on any atom is 0.416 e. The van der Waals surface area contributed by atoms with Crippen molar-refractivity contribution in [2.75, 3.05) is 6.54 Å². The average molecular weight is 371 g/mol. The minimum Gasteiger partial charge on any atom is -0.310 e. The van der Waals surface area contributed by atoms with Crippen molar-refractivity contribution < 1.29 is 13.2 Å². The number of fused-ring (bicyclic) bond motifs is 1. The molecule has 1 nitrogen and oxygen atoms in total. The third-order valence-corrected chi connectivity index (χ3v) is 4.89. The molecule has 0 aromatic heterocycles. The second-order valence-electron chi connectivity index (χ2n) is 6.90. The second kappa shape index (κ2) is 8.57. The number of rotatable bonds is 7. The van der Waals surface area contributed by atoms with E-state index in [1.165, 1.54) is 28.5 Å². The van der Waals surface area contributed by atoms with E-state index < -0.39 is 11.7 Å². The molecular weight excluding hydrogens is 347 g/mol. The quantitative estimate of drug-likeness (QED) is 0.466. The van der Waals surface area contributed by atoms with E-state index in [1.54, 1.807) is 6.07 Å². The van der Waals surface area contributed by atoms with Crippen molar-refractivity contribution >= 4 is 10.8 Å². The van der Waals surface area contributed by atoms with E-state index in [9.17, 15) is 13.2 Å². The minimum atomic E-state index is -4.27. The first-order valence-corrected chi connectivity index (χ1v) is 9.32. The molecule has 0 spiro atoms. The summed E-state index contributed by atoms with van der Waals surface area (Å²) in [6, 6.07) is 20.5. The fraction of sp³-hybridized carbons (Fsp3) is 0.304. The normalized spacial score (nSPS) is 13.0. The van der Waals surface area contributed by atoms with Gasteiger partial charge in [0.2, 0.25) is 0 Å². The van der Waals surface area contributed by atoms with Crippen molar-refractivity contribution in [1.82, 2.24) is 5.32 Å². The molecule has 1 unspecified atom stereocenters. The zero-order chi connectivity index (χ0) is 19.3. The van der Waals surface area contributed by atoms with E-state index in [0.717, 1.165) is 31.0 Å². The fourth-order valence-corrected chi connectivity index (χ4v) is 3.41. The summed E-state index contributed by atoms with van der Waals surface area (Å²) >= 11 is 0. The SMILES string of the molecule is CC(NCCCCc1cccc(C(F)(F)F)c1)c1cccc2ccccc12. The topological polar surface area (TPSA) is 12.0 Å². The van der Waals surface area contributed by atoms with Gasteiger partial charge in [0, 0.05) is 6.04 Å². The Morgan fingerprint density at radius 1 is 0.889 bits per heavy atom. The van der Waals surface area contributed by atoms with Gasteiger partial charge in [-0.25, -0.2) is 0 Å². The number of benzene rings is 3. The molecule has 0 radical (unpaired) electrons. The van der Waals surface area contributed by atoms with Crippen LogP contribution in [-0.4, -0.2) is 6.54 Å². The monoisotopic (exact) mass is 371 g/mol. The van der Waals surface area contributed by atoms with Gasteiger partial charge in [-0.05, 0) is 60.7 Å². The zero-order valence-electron chi connectivity index (χ0n) is 15.4. The molecule has 0 heterocycles. The summed E-state index contributed by atoms with van der Waals surface area (Å²) in [5.74, 6) is 0. The maximum absolute atomic E-state index is 12.8. The lowest BCUT2D eigenvalue weighted by molar-refractivity contribution is -0.137. The molecule has 0 bridgehead atoms. The van der Waals surface area contributed by atoms with Gasteiger partial charge in [-0.3, -0.25) is 0 Å². The van der Waals surface area contributed by atoms with Gasteiger partial charge in [-0.15, -0.1) is 0 Å². The number of hydrogen-bond donors (Lipinski definition) is 1. The molecule has 1 atom stereocenters. The molecule has 3 aromatic carbocycles. The molecular formula is C23H24F3N. The van der Waals surface area contributed by atoms with Crippen LogP contribution in [0.4, 0.5) is 13.2 Å². The first kappa shape index (κ1) is 19.4. The first-order chi connectivity index (χ1) is 12.9. The van der Waals surface area contributed by atoms with Crippen LogP contribution >= 0.6 is 0 Å². The molecule has 0 saturated carbocycles. The Morgan fingerprint density at radius 2 is 1.63 bits per heavy atom. The highest BCUT2D eigenvalue weighted by molar-refractivity contribution is 5.86. The molecule has 3 aromatic rings. The highest BCUT2D eigenvalue weighted by Crippen LogP contribution is 2.30. The highest BCUT2D eigenvalue weighted by atomic mass is 19.4. The lowest BCUT2D eigenvalue weighted by atomic mass is 9.99. The summed E-state index contributed by atoms with van der Waals surface area (Å²) in [6.07, 6.45) is -1.83. The van der Waals surface area contributed by atoms with Gasteiger partial charge < -0.3 is 5.32 Å². The van der Waals surface area contributed by atoms with Gasteiger partial charge in [0.15, 0.2) is 0 Å². The van der Waals surface area contributed by atoms with Crippen LogP contribution in [0.15, 0.2) is 66.7 Å². The van der Waals surface area contributed by atoms with Crippen LogP contribution in [0.25, 0.3) is 10.8 Å². The average Bonchev–Trinajstić information content (AvgIpc) is 2.66. The van der Waals surface area contributed by atoms with Gasteiger partial charge in [0.1, 0.15) is 0 Å². The Labute approximate surface area is 158 Å². The number of aryl methyl sites for hydroxylation is 1. The summed E-state index contributed by atoms with van der Waals surface area (Å²) in [5.41, 5.74) is 1.45. The molecule has 0 aliphatic heterocycles. The summed E-state index contributed by atoms with van der Waals surface area (Å²) < 4.78 is 38.3. The molecule has 0 fully saturated rings. The van der Waals surface area contributed by atoms with Gasteiger partial charge in [-0.2, -0.15) is 13.2 Å². The van der Waals surface area contributed by atoms with E-state index in [1.807, 2.05) is 12.1 Å². The molecule has 0 aliphatic rings. The van der Waals surface area contributed by atoms with Crippen LogP contribution in [0.1, 0.15) is 42.5 Å². The van der Waals surface area contributed by atoms with Crippen molar-refractivity contribution in [2.24, 2.45) is 0 Å². The Balaban J connectivity index is 1.49. The third kappa shape index (κ3) is 5.10. The van der Waals surface area contributed by atoms with E-state index in [4.69, 9.17) is 0 Å². The summed E-state index contributed by atoms with van der Waals surface area (Å²) in [5, 5.41) is 6.02. The van der Waals surface area contributed by atoms with E-state index in [-0.39, 0.29) is 6.04 Å². The first-order valence-electron chi connectivity index (χ1n) is 9.32. The highest BCUT2D eigenvalue weighted by Gasteiger charge is 2.30. The molecule has 0 amide bonds. The fourth-order valence-electron chi connectivity index (χ4n) is 3.41. The van der Waals surface area contributed by atoms with Gasteiger partial charge >= 0.3 is 6.18 Å². The number of nitrogens with one attached hydrogen (secondary N) is 1. The van der Waals surface area contributed by atoms with E-state index in [2.05, 4.69) is 42.6 Å². The number of alkyl halides is 3. The molecule has 4 heteroatoms. The van der Waals surface area contributed by atoms with Gasteiger partial charge in [-0.1, -0.05) is 60.7 Å². The van der Waals surface area contributed by atoms with Crippen LogP contribution in [-0.2, 0) is 12.6 Å². The Morgan fingerprint density at radius 3 is 2.44 bits per heavy atom. The lowest BCUT2D eigenvalue weighted by Crippen LogP contribution is -2.20. The van der Waals surface area contributed by atoms with E-state index in [0.29, 0.717) is 6.42 Å². The molecule has 3 rings (SSSR count). The smallest absolute Gasteiger partial charge is 0.310 e. The molecule has 1 N–H and O–H groups in total. The van der Waals surface area contributed by atoms with E-state index >= 15 is 0 Å². The predicted molar refractivity (Wildman–Crippen MR) is 105 cm³/mol. The summed E-state index contributed by atoms with van der Waals surface area (Å²) in [7, 11) is 0. The summed E-state index contributed by atoms with van der Waals surface area (Å²) in [6.45, 7) is 2.98. The third-order valence-electron chi connectivity index (χ3n) is 4.89. The van der Waals surface area contributed by atoms with Crippen molar-refractivity contribution in [2.45, 2.75) is 38.4 Å². The molecule has 0 saturated heterocycles. The number of halogens is 3. The van der Waals surface area contributed by atoms with Crippen LogP contribution in [0, 0.1) is 0 Å². The zero-order valence-corrected chi connectivity index (χ0v) is 15.4. The predicted octanol–water partition coefficient (Wildman–Crippen LogP) is 6.53. The van der Waals surface area contributed by atoms with Crippen LogP contribution in [0.3, 0.4) is 0 Å². The Hall–Kier alpha value is -2.33. The molecule has 142 valence electrons. The second-order valence-corrected chi connectivity index (χ2v) is 6.90. The Kier molecular flexibility index (Phi) is 6.17. The minimum absolute atomic E-state index is 0.227. The van der Waals surface area contributed by atoms with Crippen molar-refractivity contribution in [3.05, 3.63) is 83.4 Å². The van der Waals surface area contributed by atoms with Gasteiger partial charge in [0.05, 0.1) is 5.56 Å². The summed E-state index contributed by atoms with van der Waals surface area (Å²) in [4.78, 5) is 0. The van der Waals surface area contributed by atoms with Crippen LogP contribution in [0.2, 0.25) is 0 Å². The standard InChI is InChI=1S/C23H24F3N/c1-17(21-14-7-11-19-10-2-3-13-22(19)21)27-15-5-4-8-18-9-6-12-20(16-18)23(24,25)26/h2-3,6-7,9-14,16-17,27H,4-5,8,15H2,1H3. The number of unbranched alkanes of at least 4 members (excludes halogenated alkanes) is 1. The maximum atomic E-state index is 12.8. The Bertz CT molecular complexity index is 881. The van der Waals surface area contributed by atoms with Crippen molar-refractivity contribution in [3.63, 3.8) is 0 Å². The molecule has 0 aliphatic carbocycles. The number of hydrogen-bond acceptors (Lipinski definition) is 1. The van der Waals surface area contributed by atoms with Crippen LogP contribution < -0.4 is 5.32 Å².